The first kappa shape index (κ1) is 49.5. The van der Waals surface area contributed by atoms with Crippen molar-refractivity contribution in [1.29, 1.82) is 0 Å². The van der Waals surface area contributed by atoms with Crippen LogP contribution in [0.1, 0.15) is 22.3 Å². The minimum absolute atomic E-state index is 0.590. The quantitative estimate of drug-likeness (QED) is 0.136. The molecule has 396 valence electrons. The van der Waals surface area contributed by atoms with Crippen molar-refractivity contribution in [3.8, 4) is 135 Å². The zero-order chi connectivity index (χ0) is 56.3. The van der Waals surface area contributed by atoms with Gasteiger partial charge in [-0.1, -0.05) is 291 Å². The third kappa shape index (κ3) is 8.66. The molecule has 0 aliphatic heterocycles. The smallest absolute Gasteiger partial charge is 0.164 e. The van der Waals surface area contributed by atoms with Gasteiger partial charge in [-0.15, -0.1) is 0 Å². The van der Waals surface area contributed by atoms with Crippen LogP contribution >= 0.6 is 0 Å². The van der Waals surface area contributed by atoms with Crippen molar-refractivity contribution < 1.29 is 0 Å². The molecule has 0 saturated heterocycles. The van der Waals surface area contributed by atoms with E-state index >= 15 is 0 Å². The molecule has 2 aliphatic rings. The molecule has 14 aromatic rings. The van der Waals surface area contributed by atoms with E-state index in [2.05, 4.69) is 279 Å². The van der Waals surface area contributed by atoms with Gasteiger partial charge in [0.05, 0.1) is 5.41 Å². The summed E-state index contributed by atoms with van der Waals surface area (Å²) in [5.41, 5.74) is 23.2. The minimum Gasteiger partial charge on any atom is -0.208 e. The van der Waals surface area contributed by atoms with E-state index < -0.39 is 5.41 Å². The van der Waals surface area contributed by atoms with Crippen molar-refractivity contribution >= 4 is 0 Å². The van der Waals surface area contributed by atoms with E-state index in [1.165, 1.54) is 22.3 Å². The lowest BCUT2D eigenvalue weighted by Gasteiger charge is -2.31. The molecule has 2 aromatic heterocycles. The van der Waals surface area contributed by atoms with Gasteiger partial charge in [0.25, 0.3) is 0 Å². The molecule has 0 fully saturated rings. The lowest BCUT2D eigenvalue weighted by molar-refractivity contribution is 0.794. The number of rotatable bonds is 10. The topological polar surface area (TPSA) is 77.3 Å². The van der Waals surface area contributed by atoms with Crippen LogP contribution in [-0.2, 0) is 5.41 Å². The zero-order valence-electron chi connectivity index (χ0n) is 46.1. The molecule has 0 radical (unpaired) electrons. The minimum atomic E-state index is -0.720. The number of benzene rings is 12. The summed E-state index contributed by atoms with van der Waals surface area (Å²) < 4.78 is 0. The largest absolute Gasteiger partial charge is 0.208 e. The Labute approximate surface area is 493 Å². The van der Waals surface area contributed by atoms with Crippen LogP contribution in [0.5, 0.6) is 0 Å². The van der Waals surface area contributed by atoms with Crippen LogP contribution in [0, 0.1) is 0 Å². The summed E-state index contributed by atoms with van der Waals surface area (Å²) >= 11 is 0. The number of fused-ring (bicyclic) bond motifs is 10. The van der Waals surface area contributed by atoms with Crippen LogP contribution in [0.4, 0.5) is 0 Å². The summed E-state index contributed by atoms with van der Waals surface area (Å²) in [7, 11) is 0. The molecule has 0 bridgehead atoms. The molecular formula is C79H50N6. The van der Waals surface area contributed by atoms with Crippen LogP contribution in [0.25, 0.3) is 135 Å². The van der Waals surface area contributed by atoms with Gasteiger partial charge in [0.15, 0.2) is 34.9 Å². The Hall–Kier alpha value is -11.3. The Balaban J connectivity index is 0.858. The van der Waals surface area contributed by atoms with Crippen LogP contribution < -0.4 is 0 Å². The number of aromatic nitrogens is 6. The van der Waals surface area contributed by atoms with Gasteiger partial charge in [0.1, 0.15) is 0 Å². The van der Waals surface area contributed by atoms with Crippen molar-refractivity contribution in [2.24, 2.45) is 0 Å². The fourth-order valence-electron chi connectivity index (χ4n) is 12.7. The standard InChI is InChI=1S/C79H50N6/c1-5-17-51(18-6-1)55-29-37-59(38-30-55)73-80-74(60-39-31-56(32-40-60)52-19-7-2-8-20-52)83-77(82-73)63-45-47-67-68-48-46-64(50-72(68)79(71(67)49-63)69-27-15-13-25-65(69)66-26-14-16-28-70(66)79)78-84-75(61-41-33-57(34-42-61)53-21-9-3-10-22-53)81-76(85-78)62-43-35-58(36-44-62)54-23-11-4-12-24-54/h1-50H. The van der Waals surface area contributed by atoms with Gasteiger partial charge in [-0.05, 0) is 101 Å². The van der Waals surface area contributed by atoms with Gasteiger partial charge < -0.3 is 0 Å². The van der Waals surface area contributed by atoms with E-state index in [0.29, 0.717) is 34.9 Å². The predicted molar refractivity (Wildman–Crippen MR) is 344 cm³/mol. The molecule has 2 heterocycles. The van der Waals surface area contributed by atoms with E-state index in [0.717, 1.165) is 100 Å². The van der Waals surface area contributed by atoms with Gasteiger partial charge in [-0.3, -0.25) is 0 Å². The van der Waals surface area contributed by atoms with E-state index in [1.807, 2.05) is 24.3 Å². The predicted octanol–water partition coefficient (Wildman–Crippen LogP) is 19.1. The van der Waals surface area contributed by atoms with Gasteiger partial charge in [-0.2, -0.15) is 0 Å². The van der Waals surface area contributed by atoms with Crippen molar-refractivity contribution in [2.75, 3.05) is 0 Å². The van der Waals surface area contributed by atoms with Gasteiger partial charge in [0, 0.05) is 33.4 Å². The van der Waals surface area contributed by atoms with E-state index in [1.54, 1.807) is 0 Å². The van der Waals surface area contributed by atoms with Crippen LogP contribution in [-0.4, -0.2) is 29.9 Å². The lowest BCUT2D eigenvalue weighted by atomic mass is 9.70. The molecule has 0 unspecified atom stereocenters. The Kier molecular flexibility index (Phi) is 12.0. The van der Waals surface area contributed by atoms with Gasteiger partial charge >= 0.3 is 0 Å². The van der Waals surface area contributed by atoms with Gasteiger partial charge in [0.2, 0.25) is 0 Å². The van der Waals surface area contributed by atoms with Crippen LogP contribution in [0.2, 0.25) is 0 Å². The average molecular weight is 1080 g/mol. The first-order valence-electron chi connectivity index (χ1n) is 28.7. The molecule has 16 rings (SSSR count). The van der Waals surface area contributed by atoms with E-state index in [4.69, 9.17) is 29.9 Å². The van der Waals surface area contributed by atoms with Crippen molar-refractivity contribution in [2.45, 2.75) is 5.41 Å². The van der Waals surface area contributed by atoms with E-state index in [9.17, 15) is 0 Å². The first-order valence-corrected chi connectivity index (χ1v) is 28.7. The highest BCUT2D eigenvalue weighted by atomic mass is 15.0. The summed E-state index contributed by atoms with van der Waals surface area (Å²) in [6.45, 7) is 0. The Bertz CT molecular complexity index is 4310. The second kappa shape index (κ2) is 20.6. The molecule has 6 nitrogen and oxygen atoms in total. The highest BCUT2D eigenvalue weighted by Crippen LogP contribution is 2.63. The van der Waals surface area contributed by atoms with Crippen molar-refractivity contribution in [1.82, 2.24) is 29.9 Å². The maximum Gasteiger partial charge on any atom is 0.164 e. The molecule has 85 heavy (non-hydrogen) atoms. The summed E-state index contributed by atoms with van der Waals surface area (Å²) in [4.78, 5) is 31.9. The first-order chi connectivity index (χ1) is 42.1. The van der Waals surface area contributed by atoms with Gasteiger partial charge in [-0.25, -0.2) is 29.9 Å². The number of hydrogen-bond acceptors (Lipinski definition) is 6. The number of hydrogen-bond donors (Lipinski definition) is 0. The fourth-order valence-corrected chi connectivity index (χ4v) is 12.7. The summed E-state index contributed by atoms with van der Waals surface area (Å²) in [5, 5.41) is 0. The SMILES string of the molecule is c1ccc(-c2ccc(-c3nc(-c4ccc(-c5ccccc5)cc4)nc(-c4ccc5c(c4)C4(c6ccccc6-c6ccccc64)c4cc(-c6nc(-c7ccc(-c8ccccc8)cc7)nc(-c7ccc(-c8ccccc8)cc7)n6)ccc4-5)n3)cc2)cc1. The molecule has 12 aromatic carbocycles. The molecule has 6 heteroatoms. The molecule has 1 spiro atoms. The highest BCUT2D eigenvalue weighted by Gasteiger charge is 2.52. The normalized spacial score (nSPS) is 12.3. The highest BCUT2D eigenvalue weighted by molar-refractivity contribution is 5.97. The zero-order valence-corrected chi connectivity index (χ0v) is 46.1. The third-order valence-corrected chi connectivity index (χ3v) is 16.9. The second-order valence-electron chi connectivity index (χ2n) is 21.7. The monoisotopic (exact) mass is 1080 g/mol. The maximum absolute atomic E-state index is 5.36. The molecule has 0 amide bonds. The molecule has 2 aliphatic carbocycles. The summed E-state index contributed by atoms with van der Waals surface area (Å²) in [5.74, 6) is 3.58. The Morgan fingerprint density at radius 2 is 0.353 bits per heavy atom. The van der Waals surface area contributed by atoms with Crippen molar-refractivity contribution in [3.05, 3.63) is 326 Å². The molecular weight excluding hydrogens is 1030 g/mol. The lowest BCUT2D eigenvalue weighted by Crippen LogP contribution is -2.26. The van der Waals surface area contributed by atoms with Crippen LogP contribution in [0.3, 0.4) is 0 Å². The third-order valence-electron chi connectivity index (χ3n) is 16.9. The van der Waals surface area contributed by atoms with Crippen LogP contribution in [0.15, 0.2) is 303 Å². The number of nitrogens with zero attached hydrogens (tertiary/aromatic N) is 6. The fraction of sp³-hybridized carbons (Fsp3) is 0.0127. The average Bonchev–Trinajstić information content (AvgIpc) is 1.56. The van der Waals surface area contributed by atoms with E-state index in [-0.39, 0.29) is 0 Å². The molecule has 0 atom stereocenters. The Morgan fingerprint density at radius 3 is 0.635 bits per heavy atom. The molecule has 0 saturated carbocycles. The summed E-state index contributed by atoms with van der Waals surface area (Å²) in [6, 6.07) is 107. The maximum atomic E-state index is 5.36. The molecule has 0 N–H and O–H groups in total. The Morgan fingerprint density at radius 1 is 0.153 bits per heavy atom. The second-order valence-corrected chi connectivity index (χ2v) is 21.7. The summed E-state index contributed by atoms with van der Waals surface area (Å²) in [6.07, 6.45) is 0. The van der Waals surface area contributed by atoms with Crippen molar-refractivity contribution in [3.63, 3.8) is 0 Å².